The highest BCUT2D eigenvalue weighted by Gasteiger charge is 2.56. The van der Waals surface area contributed by atoms with Gasteiger partial charge in [-0.25, -0.2) is 0 Å². The number of aliphatic hydroxyl groups excluding tert-OH is 3. The molecule has 27 heavy (non-hydrogen) atoms. The van der Waals surface area contributed by atoms with Crippen LogP contribution in [0.2, 0.25) is 0 Å². The summed E-state index contributed by atoms with van der Waals surface area (Å²) < 4.78 is 0. The first-order chi connectivity index (χ1) is 12.9. The van der Waals surface area contributed by atoms with Gasteiger partial charge in [0.05, 0.1) is 6.10 Å². The Bertz CT molecular complexity index is 684. The quantitative estimate of drug-likeness (QED) is 0.717. The largest absolute Gasteiger partial charge is 0.396 e. The van der Waals surface area contributed by atoms with Gasteiger partial charge in [-0.2, -0.15) is 0 Å². The minimum absolute atomic E-state index is 0.00833. The third-order valence-corrected chi connectivity index (χ3v) is 9.49. The minimum Gasteiger partial charge on any atom is -0.396 e. The number of hydrogen-bond donors (Lipinski definition) is 3. The second-order valence-electron chi connectivity index (χ2n) is 9.66. The molecule has 150 valence electrons. The number of aliphatic hydroxyl groups is 3. The van der Waals surface area contributed by atoms with Crippen molar-refractivity contribution in [1.29, 1.82) is 0 Å². The Hall–Kier alpha value is -0.680. The summed E-state index contributed by atoms with van der Waals surface area (Å²) in [5, 5.41) is 32.8. The molecule has 4 heteroatoms. The van der Waals surface area contributed by atoms with Gasteiger partial charge < -0.3 is 15.3 Å². The van der Waals surface area contributed by atoms with Crippen LogP contribution in [0, 0.1) is 34.5 Å². The normalized spacial score (nSPS) is 44.8. The third kappa shape index (κ3) is 3.04. The molecule has 4 rings (SSSR count). The molecule has 0 saturated heterocycles. The van der Waals surface area contributed by atoms with Crippen molar-refractivity contribution in [1.82, 2.24) is 0 Å². The molecular formula is C23H34O3S. The highest BCUT2D eigenvalue weighted by Crippen LogP contribution is 2.64. The maximum atomic E-state index is 10.5. The zero-order valence-corrected chi connectivity index (χ0v) is 17.4. The van der Waals surface area contributed by atoms with E-state index in [-0.39, 0.29) is 42.0 Å². The molecule has 2 saturated carbocycles. The topological polar surface area (TPSA) is 60.7 Å². The molecule has 0 spiro atoms. The molecule has 0 aromatic carbocycles. The monoisotopic (exact) mass is 390 g/mol. The van der Waals surface area contributed by atoms with Crippen molar-refractivity contribution in [2.45, 2.75) is 58.5 Å². The van der Waals surface area contributed by atoms with Gasteiger partial charge in [0.2, 0.25) is 0 Å². The Kier molecular flexibility index (Phi) is 5.30. The first-order valence-electron chi connectivity index (χ1n) is 10.6. The Labute approximate surface area is 167 Å². The van der Waals surface area contributed by atoms with Crippen molar-refractivity contribution in [3.05, 3.63) is 28.5 Å². The fourth-order valence-corrected chi connectivity index (χ4v) is 7.81. The lowest BCUT2D eigenvalue weighted by Crippen LogP contribution is -2.52. The number of allylic oxidation sites excluding steroid dienone is 2. The molecule has 1 heterocycles. The van der Waals surface area contributed by atoms with Gasteiger partial charge in [0.15, 0.2) is 0 Å². The molecule has 3 aliphatic carbocycles. The maximum absolute atomic E-state index is 10.5. The molecule has 1 aromatic rings. The van der Waals surface area contributed by atoms with Gasteiger partial charge in [-0.1, -0.05) is 26.0 Å². The van der Waals surface area contributed by atoms with Crippen LogP contribution in [0.25, 0.3) is 5.57 Å². The molecule has 3 nitrogen and oxygen atoms in total. The summed E-state index contributed by atoms with van der Waals surface area (Å²) in [4.78, 5) is 1.38. The molecule has 0 radical (unpaired) electrons. The van der Waals surface area contributed by atoms with Gasteiger partial charge in [0.1, 0.15) is 0 Å². The van der Waals surface area contributed by atoms with E-state index in [0.29, 0.717) is 18.3 Å². The molecule has 7 atom stereocenters. The highest BCUT2D eigenvalue weighted by atomic mass is 32.1. The van der Waals surface area contributed by atoms with Crippen molar-refractivity contribution in [2.24, 2.45) is 34.5 Å². The lowest BCUT2D eigenvalue weighted by atomic mass is 9.49. The molecule has 2 fully saturated rings. The van der Waals surface area contributed by atoms with Crippen LogP contribution in [0.1, 0.15) is 57.2 Å². The zero-order valence-electron chi connectivity index (χ0n) is 16.6. The van der Waals surface area contributed by atoms with E-state index >= 15 is 0 Å². The van der Waals surface area contributed by atoms with Crippen LogP contribution in [-0.2, 0) is 0 Å². The van der Waals surface area contributed by atoms with Crippen LogP contribution in [0.3, 0.4) is 0 Å². The molecule has 1 aromatic heterocycles. The Morgan fingerprint density at radius 1 is 1.11 bits per heavy atom. The molecule has 4 unspecified atom stereocenters. The van der Waals surface area contributed by atoms with Crippen LogP contribution in [-0.4, -0.2) is 34.6 Å². The van der Waals surface area contributed by atoms with Crippen LogP contribution >= 0.6 is 11.3 Å². The SMILES string of the molecule is CC12CCC([C@@]3(C)CC[C@H](O)C[C@@H]3CO)C(CO)C1CC=C2c1cccs1. The fraction of sp³-hybridized carbons (Fsp3) is 0.739. The van der Waals surface area contributed by atoms with Crippen molar-refractivity contribution in [3.63, 3.8) is 0 Å². The Balaban J connectivity index is 1.62. The first-order valence-corrected chi connectivity index (χ1v) is 11.5. The second-order valence-corrected chi connectivity index (χ2v) is 10.6. The standard InChI is InChI=1S/C23H34O3S/c1-22(9-7-16(26)12-15(22)13-24)19-8-10-23(2)18(17(19)14-25)5-6-20(23)21-4-3-11-27-21/h3-4,6,11,15-19,24-26H,5,7-10,12-14H2,1-2H3/t15-,16+,17?,18?,19?,22+,23?/m1/s1. The van der Waals surface area contributed by atoms with Crippen molar-refractivity contribution in [2.75, 3.05) is 13.2 Å². The van der Waals surface area contributed by atoms with Gasteiger partial charge in [-0.05, 0) is 90.0 Å². The summed E-state index contributed by atoms with van der Waals surface area (Å²) in [6, 6.07) is 4.36. The van der Waals surface area contributed by atoms with Gasteiger partial charge in [-0.15, -0.1) is 11.3 Å². The van der Waals surface area contributed by atoms with E-state index in [1.54, 1.807) is 0 Å². The number of rotatable bonds is 4. The number of thiophene rings is 1. The summed E-state index contributed by atoms with van der Waals surface area (Å²) >= 11 is 1.82. The summed E-state index contributed by atoms with van der Waals surface area (Å²) in [7, 11) is 0. The third-order valence-electron chi connectivity index (χ3n) is 8.59. The van der Waals surface area contributed by atoms with E-state index in [1.165, 1.54) is 10.5 Å². The second kappa shape index (κ2) is 7.29. The van der Waals surface area contributed by atoms with Crippen LogP contribution in [0.4, 0.5) is 0 Å². The van der Waals surface area contributed by atoms with E-state index in [0.717, 1.165) is 32.1 Å². The van der Waals surface area contributed by atoms with Crippen molar-refractivity contribution < 1.29 is 15.3 Å². The van der Waals surface area contributed by atoms with Crippen molar-refractivity contribution in [3.8, 4) is 0 Å². The molecule has 0 aliphatic heterocycles. The maximum Gasteiger partial charge on any atom is 0.0544 e. The first kappa shape index (κ1) is 19.6. The summed E-state index contributed by atoms with van der Waals surface area (Å²) in [5.74, 6) is 1.30. The Morgan fingerprint density at radius 3 is 2.59 bits per heavy atom. The molecule has 0 amide bonds. The predicted molar refractivity (Wildman–Crippen MR) is 110 cm³/mol. The summed E-state index contributed by atoms with van der Waals surface area (Å²) in [6.07, 6.45) is 7.92. The number of fused-ring (bicyclic) bond motifs is 1. The lowest BCUT2D eigenvalue weighted by molar-refractivity contribution is -0.103. The average Bonchev–Trinajstić information content (AvgIpc) is 3.29. The fourth-order valence-electron chi connectivity index (χ4n) is 6.91. The van der Waals surface area contributed by atoms with E-state index in [4.69, 9.17) is 0 Å². The van der Waals surface area contributed by atoms with Crippen LogP contribution in [0.5, 0.6) is 0 Å². The van der Waals surface area contributed by atoms with E-state index in [2.05, 4.69) is 37.4 Å². The van der Waals surface area contributed by atoms with Crippen molar-refractivity contribution >= 4 is 16.9 Å². The minimum atomic E-state index is -0.282. The molecular weight excluding hydrogens is 356 g/mol. The Morgan fingerprint density at radius 2 is 1.93 bits per heavy atom. The van der Waals surface area contributed by atoms with Gasteiger partial charge in [0, 0.05) is 18.1 Å². The van der Waals surface area contributed by atoms with Crippen LogP contribution in [0.15, 0.2) is 23.6 Å². The van der Waals surface area contributed by atoms with E-state index in [9.17, 15) is 15.3 Å². The van der Waals surface area contributed by atoms with Gasteiger partial charge in [-0.3, -0.25) is 0 Å². The zero-order chi connectivity index (χ0) is 19.2. The van der Waals surface area contributed by atoms with E-state index in [1.807, 2.05) is 11.3 Å². The molecule has 3 N–H and O–H groups in total. The smallest absolute Gasteiger partial charge is 0.0544 e. The molecule has 3 aliphatic rings. The van der Waals surface area contributed by atoms with Gasteiger partial charge in [0.25, 0.3) is 0 Å². The lowest BCUT2D eigenvalue weighted by Gasteiger charge is -2.56. The van der Waals surface area contributed by atoms with E-state index < -0.39 is 0 Å². The molecule has 0 bridgehead atoms. The van der Waals surface area contributed by atoms with Crippen LogP contribution < -0.4 is 0 Å². The number of hydrogen-bond acceptors (Lipinski definition) is 4. The summed E-state index contributed by atoms with van der Waals surface area (Å²) in [6.45, 7) is 5.10. The average molecular weight is 391 g/mol. The summed E-state index contributed by atoms with van der Waals surface area (Å²) in [5.41, 5.74) is 1.64. The highest BCUT2D eigenvalue weighted by molar-refractivity contribution is 7.11. The van der Waals surface area contributed by atoms with Gasteiger partial charge >= 0.3 is 0 Å². The predicted octanol–water partition coefficient (Wildman–Crippen LogP) is 4.34.